The summed E-state index contributed by atoms with van der Waals surface area (Å²) < 4.78 is 0. The summed E-state index contributed by atoms with van der Waals surface area (Å²) in [5.41, 5.74) is 0. The molecule has 0 bridgehead atoms. The van der Waals surface area contributed by atoms with Crippen LogP contribution in [0.15, 0.2) is 12.2 Å². The van der Waals surface area contributed by atoms with Gasteiger partial charge in [-0.2, -0.15) is 0 Å². The predicted octanol–water partition coefficient (Wildman–Crippen LogP) is 14.4. The Kier molecular flexibility index (Phi) is 31.1. The molecule has 38 heavy (non-hydrogen) atoms. The van der Waals surface area contributed by atoms with Crippen LogP contribution >= 0.6 is 0 Å². The fourth-order valence-corrected chi connectivity index (χ4v) is 6.05. The van der Waals surface area contributed by atoms with Crippen molar-refractivity contribution >= 4 is 0 Å². The fourth-order valence-electron chi connectivity index (χ4n) is 6.05. The van der Waals surface area contributed by atoms with E-state index in [1.807, 2.05) is 0 Å². The van der Waals surface area contributed by atoms with E-state index in [0.29, 0.717) is 0 Å². The maximum atomic E-state index is 2.49. The topological polar surface area (TPSA) is 0 Å². The van der Waals surface area contributed by atoms with Crippen LogP contribution in [-0.2, 0) is 0 Å². The maximum absolute atomic E-state index is 2.49. The van der Waals surface area contributed by atoms with Crippen LogP contribution < -0.4 is 0 Å². The molecule has 0 N–H and O–H groups in total. The van der Waals surface area contributed by atoms with E-state index in [0.717, 1.165) is 11.8 Å². The van der Waals surface area contributed by atoms with Gasteiger partial charge in [-0.15, -0.1) is 0 Å². The molecule has 0 aliphatic heterocycles. The van der Waals surface area contributed by atoms with Crippen LogP contribution in [0.25, 0.3) is 0 Å². The van der Waals surface area contributed by atoms with Crippen LogP contribution in [-0.4, -0.2) is 0 Å². The van der Waals surface area contributed by atoms with Gasteiger partial charge in [-0.05, 0) is 56.3 Å². The summed E-state index contributed by atoms with van der Waals surface area (Å²) in [6, 6.07) is 0. The molecule has 0 aromatic rings. The molecule has 0 rings (SSSR count). The summed E-state index contributed by atoms with van der Waals surface area (Å²) in [5, 5.41) is 0. The molecule has 0 heterocycles. The first kappa shape index (κ1) is 37.7. The first-order chi connectivity index (χ1) is 18.6. The number of allylic oxidation sites excluding steroid dienone is 2. The molecule has 0 fully saturated rings. The van der Waals surface area contributed by atoms with Gasteiger partial charge in [0.05, 0.1) is 0 Å². The normalized spacial score (nSPS) is 13.6. The molecule has 0 amide bonds. The average molecular weight is 532 g/mol. The molecule has 227 valence electrons. The van der Waals surface area contributed by atoms with Gasteiger partial charge in [-0.3, -0.25) is 0 Å². The van der Waals surface area contributed by atoms with Gasteiger partial charge in [0.25, 0.3) is 0 Å². The molecular weight excluding hydrogens is 456 g/mol. The van der Waals surface area contributed by atoms with Gasteiger partial charge in [0.2, 0.25) is 0 Å². The van der Waals surface area contributed by atoms with Crippen molar-refractivity contribution in [3.05, 3.63) is 18.1 Å². The van der Waals surface area contributed by atoms with Gasteiger partial charge in [0.1, 0.15) is 0 Å². The molecule has 0 aromatic carbocycles. The van der Waals surface area contributed by atoms with Crippen LogP contribution in [0.5, 0.6) is 0 Å². The monoisotopic (exact) mass is 532 g/mol. The van der Waals surface area contributed by atoms with Crippen molar-refractivity contribution in [2.24, 2.45) is 11.8 Å². The van der Waals surface area contributed by atoms with E-state index in [2.05, 4.69) is 46.8 Å². The van der Waals surface area contributed by atoms with E-state index in [9.17, 15) is 0 Å². The van der Waals surface area contributed by atoms with Crippen molar-refractivity contribution in [1.82, 2.24) is 0 Å². The van der Waals surface area contributed by atoms with Crippen LogP contribution in [0, 0.1) is 17.8 Å². The first-order valence-electron chi connectivity index (χ1n) is 18.1. The lowest BCUT2D eigenvalue weighted by Crippen LogP contribution is -2.04. The predicted molar refractivity (Wildman–Crippen MR) is 177 cm³/mol. The molecule has 0 aliphatic carbocycles. The van der Waals surface area contributed by atoms with Crippen molar-refractivity contribution in [2.75, 3.05) is 0 Å². The van der Waals surface area contributed by atoms with Gasteiger partial charge >= 0.3 is 0 Å². The number of hydrogen-bond donors (Lipinski definition) is 0. The highest BCUT2D eigenvalue weighted by Gasteiger charge is 2.11. The molecular formula is C38H75. The second-order valence-corrected chi connectivity index (χ2v) is 13.1. The molecule has 2 unspecified atom stereocenters. The van der Waals surface area contributed by atoms with Gasteiger partial charge in [0.15, 0.2) is 0 Å². The molecule has 0 spiro atoms. The standard InChI is InChI=1S/C38H75/c1-6-9-11-12-13-22-25-28-31-36(4)32-29-26-23-20-18-16-14-15-17-19-21-24-27-30-33-37(5)35-38(8-3)34-10-7-2/h15,17,36,38H,6-14,16,18-35H2,1-5H3/b17-15-. The molecule has 1 radical (unpaired) electrons. The molecule has 2 atom stereocenters. The van der Waals surface area contributed by atoms with Crippen molar-refractivity contribution in [3.63, 3.8) is 0 Å². The van der Waals surface area contributed by atoms with Gasteiger partial charge in [-0.1, -0.05) is 188 Å². The Hall–Kier alpha value is -0.260. The largest absolute Gasteiger partial charge is 0.0885 e. The lowest BCUT2D eigenvalue weighted by molar-refractivity contribution is 0.417. The van der Waals surface area contributed by atoms with E-state index in [4.69, 9.17) is 0 Å². The summed E-state index contributed by atoms with van der Waals surface area (Å²) in [7, 11) is 0. The molecule has 0 nitrogen and oxygen atoms in total. The first-order valence-corrected chi connectivity index (χ1v) is 18.1. The minimum atomic E-state index is 0.947. The molecule has 0 heteroatoms. The van der Waals surface area contributed by atoms with Crippen LogP contribution in [0.2, 0.25) is 0 Å². The summed E-state index contributed by atoms with van der Waals surface area (Å²) >= 11 is 0. The average Bonchev–Trinajstić information content (AvgIpc) is 2.92. The van der Waals surface area contributed by atoms with E-state index >= 15 is 0 Å². The zero-order chi connectivity index (χ0) is 27.9. The SMILES string of the molecule is CCCCCCCCCCC(C)CCCCCCCC/C=C\CCCCCC[C](C)CC(CC)CCCC. The Morgan fingerprint density at radius 3 is 1.45 bits per heavy atom. The maximum Gasteiger partial charge on any atom is -0.0269 e. The van der Waals surface area contributed by atoms with Crippen LogP contribution in [0.1, 0.15) is 214 Å². The van der Waals surface area contributed by atoms with Crippen molar-refractivity contribution < 1.29 is 0 Å². The third-order valence-electron chi connectivity index (χ3n) is 8.94. The van der Waals surface area contributed by atoms with Crippen molar-refractivity contribution in [2.45, 2.75) is 214 Å². The minimum absolute atomic E-state index is 0.947. The highest BCUT2D eigenvalue weighted by Crippen LogP contribution is 2.26. The molecule has 0 aliphatic rings. The van der Waals surface area contributed by atoms with E-state index in [1.165, 1.54) is 180 Å². The van der Waals surface area contributed by atoms with Gasteiger partial charge in [0, 0.05) is 0 Å². The third-order valence-corrected chi connectivity index (χ3v) is 8.94. The lowest BCUT2D eigenvalue weighted by atomic mass is 9.87. The quantitative estimate of drug-likeness (QED) is 0.0616. The van der Waals surface area contributed by atoms with Crippen LogP contribution in [0.4, 0.5) is 0 Å². The van der Waals surface area contributed by atoms with E-state index in [1.54, 1.807) is 5.92 Å². The minimum Gasteiger partial charge on any atom is -0.0885 e. The summed E-state index contributed by atoms with van der Waals surface area (Å²) in [6.07, 6.45) is 44.8. The zero-order valence-corrected chi connectivity index (χ0v) is 27.6. The lowest BCUT2D eigenvalue weighted by Gasteiger charge is -2.19. The molecule has 0 saturated heterocycles. The highest BCUT2D eigenvalue weighted by atomic mass is 14.2. The Morgan fingerprint density at radius 1 is 0.500 bits per heavy atom. The summed E-state index contributed by atoms with van der Waals surface area (Å²) in [6.45, 7) is 11.9. The Morgan fingerprint density at radius 2 is 0.947 bits per heavy atom. The van der Waals surface area contributed by atoms with Gasteiger partial charge in [-0.25, -0.2) is 0 Å². The Bertz CT molecular complexity index is 449. The van der Waals surface area contributed by atoms with Crippen molar-refractivity contribution in [1.29, 1.82) is 0 Å². The molecule has 0 saturated carbocycles. The number of unbranched alkanes of at least 4 members (excludes halogenated alkanes) is 18. The summed E-state index contributed by atoms with van der Waals surface area (Å²) in [4.78, 5) is 0. The van der Waals surface area contributed by atoms with Crippen molar-refractivity contribution in [3.8, 4) is 0 Å². The van der Waals surface area contributed by atoms with Crippen LogP contribution in [0.3, 0.4) is 0 Å². The van der Waals surface area contributed by atoms with E-state index in [-0.39, 0.29) is 0 Å². The highest BCUT2D eigenvalue weighted by molar-refractivity contribution is 4.86. The third kappa shape index (κ3) is 28.7. The van der Waals surface area contributed by atoms with E-state index < -0.39 is 0 Å². The summed E-state index contributed by atoms with van der Waals surface area (Å²) in [5.74, 6) is 3.66. The number of hydrogen-bond acceptors (Lipinski definition) is 0. The Labute approximate surface area is 244 Å². The fraction of sp³-hybridized carbons (Fsp3) is 0.921. The number of rotatable bonds is 31. The van der Waals surface area contributed by atoms with Gasteiger partial charge < -0.3 is 0 Å². The second-order valence-electron chi connectivity index (χ2n) is 13.1. The smallest absolute Gasteiger partial charge is 0.0269 e. The molecule has 0 aromatic heterocycles. The zero-order valence-electron chi connectivity index (χ0n) is 27.6. The second kappa shape index (κ2) is 31.3. The Balaban J connectivity index is 3.34.